The van der Waals surface area contributed by atoms with Gasteiger partial charge in [-0.05, 0) is 19.1 Å². The normalized spacial score (nSPS) is 11.6. The van der Waals surface area contributed by atoms with E-state index in [2.05, 4.69) is 10.0 Å². The van der Waals surface area contributed by atoms with Gasteiger partial charge in [0, 0.05) is 19.0 Å². The van der Waals surface area contributed by atoms with Gasteiger partial charge in [0.2, 0.25) is 15.9 Å². The van der Waals surface area contributed by atoms with E-state index in [1.807, 2.05) is 6.92 Å². The quantitative estimate of drug-likeness (QED) is 0.767. The van der Waals surface area contributed by atoms with Crippen molar-refractivity contribution in [3.63, 3.8) is 0 Å². The molecule has 0 aromatic heterocycles. The molecule has 6 heteroatoms. The Morgan fingerprint density at radius 1 is 1.16 bits per heavy atom. The minimum Gasteiger partial charge on any atom is -0.355 e. The molecule has 1 amide bonds. The van der Waals surface area contributed by atoms with Gasteiger partial charge >= 0.3 is 0 Å². The van der Waals surface area contributed by atoms with Crippen molar-refractivity contribution in [2.24, 2.45) is 5.92 Å². The summed E-state index contributed by atoms with van der Waals surface area (Å²) in [5.74, 6) is -0.191. The predicted molar refractivity (Wildman–Crippen MR) is 74.2 cm³/mol. The number of hydrogen-bond donors (Lipinski definition) is 2. The molecule has 0 atom stereocenters. The third-order valence-corrected chi connectivity index (χ3v) is 4.05. The Morgan fingerprint density at radius 3 is 2.26 bits per heavy atom. The average molecular weight is 284 g/mol. The Balaban J connectivity index is 2.48. The molecule has 0 aliphatic heterocycles. The van der Waals surface area contributed by atoms with Crippen LogP contribution in [0, 0.1) is 12.8 Å². The first-order valence-corrected chi connectivity index (χ1v) is 7.65. The zero-order valence-electron chi connectivity index (χ0n) is 11.4. The van der Waals surface area contributed by atoms with Crippen molar-refractivity contribution in [2.75, 3.05) is 13.1 Å². The lowest BCUT2D eigenvalue weighted by atomic mass is 10.2. The highest BCUT2D eigenvalue weighted by Gasteiger charge is 2.13. The smallest absolute Gasteiger partial charge is 0.240 e. The van der Waals surface area contributed by atoms with Gasteiger partial charge in [0.25, 0.3) is 0 Å². The van der Waals surface area contributed by atoms with E-state index in [-0.39, 0.29) is 29.8 Å². The van der Waals surface area contributed by atoms with Gasteiger partial charge in [-0.3, -0.25) is 4.79 Å². The van der Waals surface area contributed by atoms with E-state index in [1.165, 1.54) is 0 Å². The third-order valence-electron chi connectivity index (χ3n) is 2.57. The molecule has 0 saturated carbocycles. The SMILES string of the molecule is Cc1ccc(S(=O)(=O)NCCNC(=O)C(C)C)cc1. The molecule has 0 heterocycles. The number of nitrogens with one attached hydrogen (secondary N) is 2. The number of aryl methyl sites for hydroxylation is 1. The Kier molecular flexibility index (Phi) is 5.50. The molecule has 0 saturated heterocycles. The molecule has 0 unspecified atom stereocenters. The van der Waals surface area contributed by atoms with Crippen LogP contribution in [0.3, 0.4) is 0 Å². The Morgan fingerprint density at radius 2 is 1.74 bits per heavy atom. The van der Waals surface area contributed by atoms with Gasteiger partial charge < -0.3 is 5.32 Å². The largest absolute Gasteiger partial charge is 0.355 e. The molecule has 2 N–H and O–H groups in total. The molecule has 0 spiro atoms. The van der Waals surface area contributed by atoms with Gasteiger partial charge in [0.05, 0.1) is 4.90 Å². The molecular formula is C13H20N2O3S. The molecule has 5 nitrogen and oxygen atoms in total. The van der Waals surface area contributed by atoms with Crippen molar-refractivity contribution in [1.29, 1.82) is 0 Å². The van der Waals surface area contributed by atoms with Gasteiger partial charge in [-0.25, -0.2) is 13.1 Å². The van der Waals surface area contributed by atoms with E-state index >= 15 is 0 Å². The van der Waals surface area contributed by atoms with E-state index in [4.69, 9.17) is 0 Å². The summed E-state index contributed by atoms with van der Waals surface area (Å²) in [4.78, 5) is 11.5. The number of amides is 1. The second-order valence-corrected chi connectivity index (χ2v) is 6.42. The number of hydrogen-bond acceptors (Lipinski definition) is 3. The van der Waals surface area contributed by atoms with Crippen LogP contribution < -0.4 is 10.0 Å². The van der Waals surface area contributed by atoms with Crippen LogP contribution in [0.4, 0.5) is 0 Å². The molecule has 1 aromatic carbocycles. The van der Waals surface area contributed by atoms with Crippen LogP contribution in [0.1, 0.15) is 19.4 Å². The summed E-state index contributed by atoms with van der Waals surface area (Å²) in [6.45, 7) is 5.92. The van der Waals surface area contributed by atoms with Gasteiger partial charge in [-0.15, -0.1) is 0 Å². The maximum atomic E-state index is 11.9. The van der Waals surface area contributed by atoms with Crippen LogP contribution in [0.25, 0.3) is 0 Å². The van der Waals surface area contributed by atoms with Gasteiger partial charge in [0.1, 0.15) is 0 Å². The molecule has 0 bridgehead atoms. The summed E-state index contributed by atoms with van der Waals surface area (Å²) in [6, 6.07) is 6.61. The molecule has 1 aromatic rings. The monoisotopic (exact) mass is 284 g/mol. The first kappa shape index (κ1) is 15.7. The first-order valence-electron chi connectivity index (χ1n) is 6.17. The van der Waals surface area contributed by atoms with E-state index in [9.17, 15) is 13.2 Å². The van der Waals surface area contributed by atoms with Crippen molar-refractivity contribution in [2.45, 2.75) is 25.7 Å². The fourth-order valence-corrected chi connectivity index (χ4v) is 2.41. The fraction of sp³-hybridized carbons (Fsp3) is 0.462. The number of carbonyl (C=O) groups is 1. The van der Waals surface area contributed by atoms with E-state index < -0.39 is 10.0 Å². The topological polar surface area (TPSA) is 75.3 Å². The van der Waals surface area contributed by atoms with E-state index in [0.717, 1.165) is 5.56 Å². The van der Waals surface area contributed by atoms with Crippen molar-refractivity contribution < 1.29 is 13.2 Å². The molecule has 1 rings (SSSR count). The van der Waals surface area contributed by atoms with Crippen molar-refractivity contribution in [1.82, 2.24) is 10.0 Å². The zero-order chi connectivity index (χ0) is 14.5. The maximum Gasteiger partial charge on any atom is 0.240 e. The molecule has 0 radical (unpaired) electrons. The minimum absolute atomic E-state index is 0.0884. The van der Waals surface area contributed by atoms with Crippen LogP contribution in [-0.4, -0.2) is 27.4 Å². The summed E-state index contributed by atoms with van der Waals surface area (Å²) < 4.78 is 26.2. The summed E-state index contributed by atoms with van der Waals surface area (Å²) in [6.07, 6.45) is 0. The molecule has 0 fully saturated rings. The number of rotatable bonds is 6. The van der Waals surface area contributed by atoms with Gasteiger partial charge in [-0.1, -0.05) is 31.5 Å². The Hall–Kier alpha value is -1.40. The van der Waals surface area contributed by atoms with Crippen LogP contribution >= 0.6 is 0 Å². The van der Waals surface area contributed by atoms with Crippen molar-refractivity contribution in [3.8, 4) is 0 Å². The standard InChI is InChI=1S/C13H20N2O3S/c1-10(2)13(16)14-8-9-15-19(17,18)12-6-4-11(3)5-7-12/h4-7,10,15H,8-9H2,1-3H3,(H,14,16). The molecule has 106 valence electrons. The van der Waals surface area contributed by atoms with E-state index in [1.54, 1.807) is 38.1 Å². The van der Waals surface area contributed by atoms with Crippen molar-refractivity contribution >= 4 is 15.9 Å². The predicted octanol–water partition coefficient (Wildman–Crippen LogP) is 1.05. The van der Waals surface area contributed by atoms with Gasteiger partial charge in [0.15, 0.2) is 0 Å². The molecule has 0 aliphatic carbocycles. The van der Waals surface area contributed by atoms with E-state index in [0.29, 0.717) is 0 Å². The van der Waals surface area contributed by atoms with Crippen LogP contribution in [-0.2, 0) is 14.8 Å². The second kappa shape index (κ2) is 6.68. The zero-order valence-corrected chi connectivity index (χ0v) is 12.3. The first-order chi connectivity index (χ1) is 8.83. The lowest BCUT2D eigenvalue weighted by Crippen LogP contribution is -2.36. The fourth-order valence-electron chi connectivity index (χ4n) is 1.38. The lowest BCUT2D eigenvalue weighted by molar-refractivity contribution is -0.123. The minimum atomic E-state index is -3.50. The molecular weight excluding hydrogens is 264 g/mol. The third kappa shape index (κ3) is 5.00. The summed E-state index contributed by atoms with van der Waals surface area (Å²) in [5.41, 5.74) is 1.00. The van der Waals surface area contributed by atoms with Crippen molar-refractivity contribution in [3.05, 3.63) is 29.8 Å². The Labute approximate surface area is 114 Å². The van der Waals surface area contributed by atoms with Gasteiger partial charge in [-0.2, -0.15) is 0 Å². The van der Waals surface area contributed by atoms with Crippen LogP contribution in [0.2, 0.25) is 0 Å². The Bertz CT molecular complexity index is 521. The van der Waals surface area contributed by atoms with Crippen LogP contribution in [0.15, 0.2) is 29.2 Å². The highest BCUT2D eigenvalue weighted by Crippen LogP contribution is 2.09. The number of carbonyl (C=O) groups excluding carboxylic acids is 1. The second-order valence-electron chi connectivity index (χ2n) is 4.66. The maximum absolute atomic E-state index is 11.9. The number of sulfonamides is 1. The molecule has 0 aliphatic rings. The van der Waals surface area contributed by atoms with Crippen LogP contribution in [0.5, 0.6) is 0 Å². The lowest BCUT2D eigenvalue weighted by Gasteiger charge is -2.09. The highest BCUT2D eigenvalue weighted by molar-refractivity contribution is 7.89. The average Bonchev–Trinajstić information content (AvgIpc) is 2.34. The summed E-state index contributed by atoms with van der Waals surface area (Å²) >= 11 is 0. The highest BCUT2D eigenvalue weighted by atomic mass is 32.2. The summed E-state index contributed by atoms with van der Waals surface area (Å²) in [5, 5.41) is 2.65. The molecule has 19 heavy (non-hydrogen) atoms. The number of benzene rings is 1. The summed E-state index contributed by atoms with van der Waals surface area (Å²) in [7, 11) is -3.50.